The van der Waals surface area contributed by atoms with Crippen molar-refractivity contribution in [2.75, 3.05) is 24.6 Å². The minimum absolute atomic E-state index is 0.220. The van der Waals surface area contributed by atoms with Gasteiger partial charge in [0.2, 0.25) is 0 Å². The predicted octanol–water partition coefficient (Wildman–Crippen LogP) is 2.37. The summed E-state index contributed by atoms with van der Waals surface area (Å²) >= 11 is 5.87. The van der Waals surface area contributed by atoms with Crippen molar-refractivity contribution in [3.63, 3.8) is 0 Å². The summed E-state index contributed by atoms with van der Waals surface area (Å²) in [7, 11) is 0. The molecule has 8 heteroatoms. The molecule has 0 saturated carbocycles. The lowest BCUT2D eigenvalue weighted by Crippen LogP contribution is -2.50. The van der Waals surface area contributed by atoms with Crippen LogP contribution in [-0.2, 0) is 0 Å². The lowest BCUT2D eigenvalue weighted by molar-refractivity contribution is -0.0818. The Hall–Kier alpha value is -1.73. The third kappa shape index (κ3) is 2.78. The Morgan fingerprint density at radius 3 is 2.82 bits per heavy atom. The van der Waals surface area contributed by atoms with E-state index in [1.165, 1.54) is 10.9 Å². The average Bonchev–Trinajstić information content (AvgIpc) is 2.93. The van der Waals surface area contributed by atoms with E-state index < -0.39 is 25.0 Å². The van der Waals surface area contributed by atoms with E-state index in [2.05, 4.69) is 10.1 Å². The van der Waals surface area contributed by atoms with E-state index in [-0.39, 0.29) is 6.42 Å². The van der Waals surface area contributed by atoms with Crippen LogP contribution in [0.4, 0.5) is 14.5 Å². The highest BCUT2D eigenvalue weighted by Gasteiger charge is 2.44. The van der Waals surface area contributed by atoms with Gasteiger partial charge in [-0.05, 0) is 12.5 Å². The van der Waals surface area contributed by atoms with E-state index in [9.17, 15) is 8.78 Å². The SMILES string of the molecule is OCC1CCN(c2cnccc2-n2cc(Cl)cn2)CC1(F)F. The number of aromatic nitrogens is 3. The largest absolute Gasteiger partial charge is 0.396 e. The first-order chi connectivity index (χ1) is 10.5. The molecule has 1 N–H and O–H groups in total. The first-order valence-corrected chi connectivity index (χ1v) is 7.27. The van der Waals surface area contributed by atoms with Gasteiger partial charge in [0, 0.05) is 24.9 Å². The zero-order chi connectivity index (χ0) is 15.7. The number of aliphatic hydroxyl groups is 1. The summed E-state index contributed by atoms with van der Waals surface area (Å²) in [5.74, 6) is -3.94. The van der Waals surface area contributed by atoms with Gasteiger partial charge < -0.3 is 10.0 Å². The monoisotopic (exact) mass is 328 g/mol. The molecule has 0 radical (unpaired) electrons. The summed E-state index contributed by atoms with van der Waals surface area (Å²) in [6.07, 6.45) is 6.43. The van der Waals surface area contributed by atoms with Crippen LogP contribution in [0, 0.1) is 5.92 Å². The normalized spacial score (nSPS) is 21.1. The van der Waals surface area contributed by atoms with E-state index in [1.54, 1.807) is 29.6 Å². The zero-order valence-electron chi connectivity index (χ0n) is 11.7. The minimum Gasteiger partial charge on any atom is -0.396 e. The number of hydrogen-bond donors (Lipinski definition) is 1. The molecule has 0 aliphatic carbocycles. The molecular weight excluding hydrogens is 314 g/mol. The molecule has 1 saturated heterocycles. The topological polar surface area (TPSA) is 54.2 Å². The van der Waals surface area contributed by atoms with E-state index in [0.717, 1.165) is 0 Å². The smallest absolute Gasteiger partial charge is 0.270 e. The van der Waals surface area contributed by atoms with Gasteiger partial charge in [0.05, 0.1) is 41.9 Å². The zero-order valence-corrected chi connectivity index (χ0v) is 12.4. The number of rotatable bonds is 3. The van der Waals surface area contributed by atoms with Gasteiger partial charge in [-0.25, -0.2) is 13.5 Å². The third-order valence-electron chi connectivity index (χ3n) is 3.88. The van der Waals surface area contributed by atoms with E-state index in [1.807, 2.05) is 0 Å². The molecule has 1 fully saturated rings. The molecule has 3 rings (SSSR count). The molecule has 0 amide bonds. The minimum atomic E-state index is -2.94. The molecule has 1 aliphatic rings. The van der Waals surface area contributed by atoms with E-state index in [0.29, 0.717) is 22.9 Å². The van der Waals surface area contributed by atoms with Gasteiger partial charge in [-0.15, -0.1) is 0 Å². The number of pyridine rings is 1. The van der Waals surface area contributed by atoms with Crippen LogP contribution in [0.1, 0.15) is 6.42 Å². The Bertz CT molecular complexity index is 664. The molecular formula is C14H15ClF2N4O. The fourth-order valence-electron chi connectivity index (χ4n) is 2.66. The molecule has 22 heavy (non-hydrogen) atoms. The Labute approximate surface area is 131 Å². The van der Waals surface area contributed by atoms with Crippen LogP contribution < -0.4 is 4.90 Å². The second-order valence-corrected chi connectivity index (χ2v) is 5.75. The molecule has 2 aromatic rings. The van der Waals surface area contributed by atoms with Gasteiger partial charge >= 0.3 is 0 Å². The molecule has 0 bridgehead atoms. The molecule has 3 heterocycles. The number of anilines is 1. The number of aliphatic hydroxyl groups excluding tert-OH is 1. The fraction of sp³-hybridized carbons (Fsp3) is 0.429. The van der Waals surface area contributed by atoms with Gasteiger partial charge in [-0.3, -0.25) is 4.98 Å². The molecule has 1 aliphatic heterocycles. The predicted molar refractivity (Wildman–Crippen MR) is 78.7 cm³/mol. The maximum Gasteiger partial charge on any atom is 0.270 e. The average molecular weight is 329 g/mol. The highest BCUT2D eigenvalue weighted by molar-refractivity contribution is 6.30. The van der Waals surface area contributed by atoms with Crippen LogP contribution in [0.2, 0.25) is 5.02 Å². The lowest BCUT2D eigenvalue weighted by Gasteiger charge is -2.39. The molecule has 2 aromatic heterocycles. The van der Waals surface area contributed by atoms with Crippen LogP contribution in [0.5, 0.6) is 0 Å². The highest BCUT2D eigenvalue weighted by Crippen LogP contribution is 2.36. The van der Waals surface area contributed by atoms with Crippen molar-refractivity contribution in [1.82, 2.24) is 14.8 Å². The number of piperidine rings is 1. The summed E-state index contributed by atoms with van der Waals surface area (Å²) < 4.78 is 29.7. The van der Waals surface area contributed by atoms with Gasteiger partial charge in [0.1, 0.15) is 0 Å². The first-order valence-electron chi connectivity index (χ1n) is 6.89. The van der Waals surface area contributed by atoms with Crippen molar-refractivity contribution < 1.29 is 13.9 Å². The number of hydrogen-bond acceptors (Lipinski definition) is 4. The molecule has 1 atom stereocenters. The van der Waals surface area contributed by atoms with Crippen LogP contribution in [0.25, 0.3) is 5.69 Å². The van der Waals surface area contributed by atoms with Crippen molar-refractivity contribution >= 4 is 17.3 Å². The van der Waals surface area contributed by atoms with Crippen LogP contribution >= 0.6 is 11.6 Å². The number of alkyl halides is 2. The molecule has 0 spiro atoms. The van der Waals surface area contributed by atoms with E-state index in [4.69, 9.17) is 16.7 Å². The van der Waals surface area contributed by atoms with Crippen LogP contribution in [0.3, 0.4) is 0 Å². The number of nitrogens with zero attached hydrogens (tertiary/aromatic N) is 4. The van der Waals surface area contributed by atoms with Crippen LogP contribution in [0.15, 0.2) is 30.9 Å². The van der Waals surface area contributed by atoms with E-state index >= 15 is 0 Å². The molecule has 1 unspecified atom stereocenters. The molecule has 118 valence electrons. The summed E-state index contributed by atoms with van der Waals surface area (Å²) in [5.41, 5.74) is 1.21. The second-order valence-electron chi connectivity index (χ2n) is 5.32. The van der Waals surface area contributed by atoms with Gasteiger partial charge in [-0.2, -0.15) is 5.10 Å². The number of halogens is 3. The second kappa shape index (κ2) is 5.81. The van der Waals surface area contributed by atoms with Crippen molar-refractivity contribution in [2.24, 2.45) is 5.92 Å². The quantitative estimate of drug-likeness (QED) is 0.940. The first kappa shape index (κ1) is 15.2. The highest BCUT2D eigenvalue weighted by atomic mass is 35.5. The lowest BCUT2D eigenvalue weighted by atomic mass is 9.93. The molecule has 0 aromatic carbocycles. The van der Waals surface area contributed by atoms with Crippen LogP contribution in [-0.4, -0.2) is 45.5 Å². The fourth-order valence-corrected chi connectivity index (χ4v) is 2.80. The van der Waals surface area contributed by atoms with Crippen molar-refractivity contribution in [3.05, 3.63) is 35.9 Å². The summed E-state index contributed by atoms with van der Waals surface area (Å²) in [6.45, 7) is -0.532. The van der Waals surface area contributed by atoms with Gasteiger partial charge in [-0.1, -0.05) is 11.6 Å². The standard InChI is InChI=1S/C14H15ClF2N4O/c15-11-5-19-21(7-11)12-1-3-18-6-13(12)20-4-2-10(8-22)14(16,17)9-20/h1,3,5-7,10,22H,2,4,8-9H2. The summed E-state index contributed by atoms with van der Waals surface area (Å²) in [5, 5.41) is 13.7. The molecule has 5 nitrogen and oxygen atoms in total. The maximum absolute atomic E-state index is 14.1. The van der Waals surface area contributed by atoms with Gasteiger partial charge in [0.15, 0.2) is 0 Å². The Morgan fingerprint density at radius 1 is 1.36 bits per heavy atom. The van der Waals surface area contributed by atoms with Crippen molar-refractivity contribution in [3.8, 4) is 5.69 Å². The van der Waals surface area contributed by atoms with Crippen molar-refractivity contribution in [1.29, 1.82) is 0 Å². The third-order valence-corrected chi connectivity index (χ3v) is 4.08. The summed E-state index contributed by atoms with van der Waals surface area (Å²) in [6, 6.07) is 1.70. The Balaban J connectivity index is 1.93. The summed E-state index contributed by atoms with van der Waals surface area (Å²) in [4.78, 5) is 5.60. The maximum atomic E-state index is 14.1. The Morgan fingerprint density at radius 2 is 2.18 bits per heavy atom. The van der Waals surface area contributed by atoms with Crippen molar-refractivity contribution in [2.45, 2.75) is 12.3 Å². The Kier molecular flexibility index (Phi) is 4.01. The van der Waals surface area contributed by atoms with Gasteiger partial charge in [0.25, 0.3) is 5.92 Å².